The number of benzene rings is 2. The summed E-state index contributed by atoms with van der Waals surface area (Å²) in [6.07, 6.45) is -7.83. The first-order valence-electron chi connectivity index (χ1n) is 11.9. The van der Waals surface area contributed by atoms with E-state index in [0.29, 0.717) is 53.9 Å². The van der Waals surface area contributed by atoms with Crippen LogP contribution in [0.15, 0.2) is 36.4 Å². The van der Waals surface area contributed by atoms with Gasteiger partial charge in [0.2, 0.25) is 0 Å². The summed E-state index contributed by atoms with van der Waals surface area (Å²) in [4.78, 5) is 2.86. The lowest BCUT2D eigenvalue weighted by Gasteiger charge is -2.59. The number of hydrogen-bond donors (Lipinski definition) is 0. The highest BCUT2D eigenvalue weighted by atomic mass is 35.5. The van der Waals surface area contributed by atoms with E-state index in [-0.39, 0.29) is 30.1 Å². The third-order valence-corrected chi connectivity index (χ3v) is 7.84. The van der Waals surface area contributed by atoms with Crippen LogP contribution in [0, 0.1) is 11.2 Å². The van der Waals surface area contributed by atoms with E-state index >= 15 is 0 Å². The second-order valence-electron chi connectivity index (χ2n) is 10.4. The van der Waals surface area contributed by atoms with Gasteiger partial charge >= 0.3 is 12.4 Å². The Kier molecular flexibility index (Phi) is 5.73. The van der Waals surface area contributed by atoms with E-state index in [4.69, 9.17) is 11.6 Å². The van der Waals surface area contributed by atoms with Crippen LogP contribution < -0.4 is 4.90 Å². The Morgan fingerprint density at radius 2 is 1.68 bits per heavy atom. The van der Waals surface area contributed by atoms with Gasteiger partial charge in [0.25, 0.3) is 0 Å². The van der Waals surface area contributed by atoms with Gasteiger partial charge in [-0.25, -0.2) is 4.39 Å². The zero-order valence-electron chi connectivity index (χ0n) is 19.8. The molecule has 0 unspecified atom stereocenters. The Hall–Kier alpha value is -2.86. The highest BCUT2D eigenvalue weighted by molar-refractivity contribution is 6.30. The molecular formula is C25H21ClF7N5. The van der Waals surface area contributed by atoms with Crippen molar-refractivity contribution >= 4 is 17.3 Å². The van der Waals surface area contributed by atoms with Gasteiger partial charge in [-0.05, 0) is 48.7 Å². The van der Waals surface area contributed by atoms with Crippen LogP contribution in [0.4, 0.5) is 36.4 Å². The maximum absolute atomic E-state index is 14.6. The van der Waals surface area contributed by atoms with Crippen molar-refractivity contribution in [1.29, 1.82) is 0 Å². The summed E-state index contributed by atoms with van der Waals surface area (Å²) < 4.78 is 95.3. The predicted octanol–water partition coefficient (Wildman–Crippen LogP) is 6.34. The standard InChI is InChI=1S/C25H21ClF7N5/c26-16-4-5-18-14(6-16)9-36(13-24(28,29)30)10-20-34-35-22(38(18)20)15-7-23(8-15)11-37(12-23)19-3-1-2-17(21(19)27)25(31,32)33/h1-6,15H,7-13H2. The molecule has 3 heterocycles. The monoisotopic (exact) mass is 559 g/mol. The Balaban J connectivity index is 1.22. The quantitative estimate of drug-likeness (QED) is 0.351. The molecule has 1 saturated heterocycles. The first kappa shape index (κ1) is 25.4. The molecule has 3 aliphatic rings. The van der Waals surface area contributed by atoms with E-state index in [0.717, 1.165) is 6.07 Å². The van der Waals surface area contributed by atoms with Crippen LogP contribution in [-0.2, 0) is 19.3 Å². The second-order valence-corrected chi connectivity index (χ2v) is 10.9. The summed E-state index contributed by atoms with van der Waals surface area (Å²) in [5.74, 6) is -0.283. The molecule has 2 aliphatic heterocycles. The SMILES string of the molecule is Fc1c(N2CC3(CC(c4nnc5n4-c4ccc(Cl)cc4CN(CC(F)(F)F)C5)C3)C2)cccc1C(F)(F)F. The second kappa shape index (κ2) is 8.57. The predicted molar refractivity (Wildman–Crippen MR) is 125 cm³/mol. The fraction of sp³-hybridized carbons (Fsp3) is 0.440. The molecule has 0 radical (unpaired) electrons. The van der Waals surface area contributed by atoms with Crippen molar-refractivity contribution in [2.75, 3.05) is 24.5 Å². The molecule has 1 aromatic heterocycles. The van der Waals surface area contributed by atoms with Gasteiger partial charge in [0.05, 0.1) is 30.0 Å². The number of fused-ring (bicyclic) bond motifs is 3. The number of anilines is 1. The minimum absolute atomic E-state index is 0.0394. The zero-order valence-corrected chi connectivity index (χ0v) is 20.5. The summed E-state index contributed by atoms with van der Waals surface area (Å²) in [6, 6.07) is 8.35. The van der Waals surface area contributed by atoms with Crippen molar-refractivity contribution in [3.8, 4) is 5.69 Å². The summed E-state index contributed by atoms with van der Waals surface area (Å²) >= 11 is 6.15. The minimum Gasteiger partial charge on any atom is -0.368 e. The molecule has 1 spiro atoms. The Bertz CT molecular complexity index is 1390. The molecule has 0 N–H and O–H groups in total. The summed E-state index contributed by atoms with van der Waals surface area (Å²) in [7, 11) is 0. The highest BCUT2D eigenvalue weighted by Gasteiger charge is 2.55. The van der Waals surface area contributed by atoms with Crippen LogP contribution in [0.5, 0.6) is 0 Å². The normalized spacial score (nSPS) is 19.5. The molecule has 1 saturated carbocycles. The number of nitrogens with zero attached hydrogens (tertiary/aromatic N) is 5. The van der Waals surface area contributed by atoms with Gasteiger partial charge in [-0.1, -0.05) is 17.7 Å². The van der Waals surface area contributed by atoms with E-state index in [2.05, 4.69) is 10.2 Å². The number of hydrogen-bond acceptors (Lipinski definition) is 4. The summed E-state index contributed by atoms with van der Waals surface area (Å²) in [5, 5.41) is 8.98. The molecule has 3 aromatic rings. The fourth-order valence-corrected chi connectivity index (χ4v) is 6.26. The van der Waals surface area contributed by atoms with Crippen molar-refractivity contribution in [1.82, 2.24) is 19.7 Å². The van der Waals surface area contributed by atoms with E-state index in [1.54, 1.807) is 23.1 Å². The molecular weight excluding hydrogens is 539 g/mol. The van der Waals surface area contributed by atoms with Crippen LogP contribution in [0.25, 0.3) is 5.69 Å². The van der Waals surface area contributed by atoms with Crippen LogP contribution in [0.3, 0.4) is 0 Å². The van der Waals surface area contributed by atoms with Gasteiger partial charge in [-0.3, -0.25) is 9.47 Å². The van der Waals surface area contributed by atoms with Crippen molar-refractivity contribution < 1.29 is 30.7 Å². The van der Waals surface area contributed by atoms with Gasteiger partial charge in [0.15, 0.2) is 11.6 Å². The molecule has 1 aliphatic carbocycles. The van der Waals surface area contributed by atoms with Crippen molar-refractivity contribution in [3.63, 3.8) is 0 Å². The number of rotatable bonds is 3. The van der Waals surface area contributed by atoms with Crippen LogP contribution in [-0.4, -0.2) is 45.5 Å². The Morgan fingerprint density at radius 3 is 2.37 bits per heavy atom. The van der Waals surface area contributed by atoms with Crippen molar-refractivity contribution in [2.45, 2.75) is 44.2 Å². The van der Waals surface area contributed by atoms with Crippen LogP contribution >= 0.6 is 11.6 Å². The minimum atomic E-state index is -4.77. The molecule has 6 rings (SSSR count). The highest BCUT2D eigenvalue weighted by Crippen LogP contribution is 2.57. The first-order chi connectivity index (χ1) is 17.8. The molecule has 0 atom stereocenters. The van der Waals surface area contributed by atoms with Gasteiger partial charge in [-0.2, -0.15) is 26.3 Å². The van der Waals surface area contributed by atoms with Gasteiger partial charge in [0, 0.05) is 36.0 Å². The fourth-order valence-electron chi connectivity index (χ4n) is 6.06. The van der Waals surface area contributed by atoms with Crippen LogP contribution in [0.1, 0.15) is 41.5 Å². The summed E-state index contributed by atoms with van der Waals surface area (Å²) in [6.45, 7) is -0.276. The smallest absolute Gasteiger partial charge is 0.368 e. The van der Waals surface area contributed by atoms with Crippen molar-refractivity contribution in [3.05, 3.63) is 70.0 Å². The maximum Gasteiger partial charge on any atom is 0.419 e. The molecule has 202 valence electrons. The average Bonchev–Trinajstić information content (AvgIpc) is 3.07. The Labute approximate surface area is 217 Å². The molecule has 0 amide bonds. The third-order valence-electron chi connectivity index (χ3n) is 7.60. The Morgan fingerprint density at radius 1 is 0.947 bits per heavy atom. The molecule has 5 nitrogen and oxygen atoms in total. The topological polar surface area (TPSA) is 37.2 Å². The first-order valence-corrected chi connectivity index (χ1v) is 12.3. The van der Waals surface area contributed by atoms with E-state index in [1.807, 2.05) is 4.57 Å². The number of alkyl halides is 6. The average molecular weight is 560 g/mol. The van der Waals surface area contributed by atoms with E-state index < -0.39 is 30.3 Å². The maximum atomic E-state index is 14.6. The largest absolute Gasteiger partial charge is 0.419 e. The van der Waals surface area contributed by atoms with Gasteiger partial charge < -0.3 is 4.90 Å². The lowest BCUT2D eigenvalue weighted by atomic mass is 9.57. The number of aromatic nitrogens is 3. The molecule has 38 heavy (non-hydrogen) atoms. The lowest BCUT2D eigenvalue weighted by molar-refractivity contribution is -0.148. The van der Waals surface area contributed by atoms with Crippen LogP contribution in [0.2, 0.25) is 5.02 Å². The van der Waals surface area contributed by atoms with Crippen molar-refractivity contribution in [2.24, 2.45) is 5.41 Å². The molecule has 2 aromatic carbocycles. The summed E-state index contributed by atoms with van der Waals surface area (Å²) in [5.41, 5.74) is -0.234. The van der Waals surface area contributed by atoms with E-state index in [1.165, 1.54) is 17.0 Å². The van der Waals surface area contributed by atoms with Gasteiger partial charge in [0.1, 0.15) is 5.82 Å². The zero-order chi connectivity index (χ0) is 27.0. The third kappa shape index (κ3) is 4.41. The molecule has 2 fully saturated rings. The molecule has 13 heteroatoms. The van der Waals surface area contributed by atoms with Gasteiger partial charge in [-0.15, -0.1) is 10.2 Å². The van der Waals surface area contributed by atoms with E-state index in [9.17, 15) is 30.7 Å². The molecule has 0 bridgehead atoms. The lowest BCUT2D eigenvalue weighted by Crippen LogP contribution is -2.62. The number of halogens is 8.